The third kappa shape index (κ3) is 11.6. The van der Waals surface area contributed by atoms with Crippen LogP contribution >= 0.6 is 11.8 Å². The number of thioether (sulfide) groups is 1. The van der Waals surface area contributed by atoms with Crippen molar-refractivity contribution in [2.45, 2.75) is 58.5 Å². The number of hydrogen-bond donors (Lipinski definition) is 2. The zero-order valence-corrected chi connectivity index (χ0v) is 16.9. The van der Waals surface area contributed by atoms with Crippen LogP contribution in [-0.4, -0.2) is 49.5 Å². The van der Waals surface area contributed by atoms with Gasteiger partial charge in [-0.15, -0.1) is 0 Å². The molecule has 1 unspecified atom stereocenters. The molecule has 0 aromatic heterocycles. The standard InChI is InChI=1S/C20H36N2O2S/c1-4-25-14-11-19(21)20(24-17(2)3)15-22-12-8-13-23-16-18-9-6-5-7-10-18/h5-7,9-10,17,19-20,22H,4,8,11-16,21H2,1-3H3/t19-,20?/m1/s1. The molecule has 0 aliphatic carbocycles. The lowest BCUT2D eigenvalue weighted by molar-refractivity contribution is -0.00634. The Morgan fingerprint density at radius 2 is 1.96 bits per heavy atom. The Morgan fingerprint density at radius 1 is 1.20 bits per heavy atom. The molecule has 25 heavy (non-hydrogen) atoms. The summed E-state index contributed by atoms with van der Waals surface area (Å²) in [6, 6.07) is 10.4. The number of rotatable bonds is 15. The molecule has 0 saturated heterocycles. The van der Waals surface area contributed by atoms with Crippen LogP contribution in [0.25, 0.3) is 0 Å². The first-order valence-corrected chi connectivity index (χ1v) is 10.6. The number of benzene rings is 1. The fourth-order valence-corrected chi connectivity index (χ4v) is 3.23. The molecule has 1 aromatic rings. The molecular formula is C20H36N2O2S. The summed E-state index contributed by atoms with van der Waals surface area (Å²) in [6.45, 7) is 9.48. The van der Waals surface area contributed by atoms with Crippen LogP contribution in [0, 0.1) is 0 Å². The summed E-state index contributed by atoms with van der Waals surface area (Å²) < 4.78 is 11.7. The molecule has 0 fully saturated rings. The Morgan fingerprint density at radius 3 is 2.64 bits per heavy atom. The van der Waals surface area contributed by atoms with E-state index in [1.165, 1.54) is 5.56 Å². The van der Waals surface area contributed by atoms with Crippen molar-refractivity contribution < 1.29 is 9.47 Å². The molecule has 4 nitrogen and oxygen atoms in total. The summed E-state index contributed by atoms with van der Waals surface area (Å²) in [6.07, 6.45) is 2.26. The molecule has 0 aliphatic heterocycles. The monoisotopic (exact) mass is 368 g/mol. The van der Waals surface area contributed by atoms with E-state index in [0.717, 1.165) is 44.0 Å². The molecule has 5 heteroatoms. The van der Waals surface area contributed by atoms with Gasteiger partial charge in [-0.1, -0.05) is 37.3 Å². The van der Waals surface area contributed by atoms with E-state index in [4.69, 9.17) is 15.2 Å². The van der Waals surface area contributed by atoms with Crippen molar-refractivity contribution in [2.24, 2.45) is 5.73 Å². The Balaban J connectivity index is 2.13. The van der Waals surface area contributed by atoms with E-state index in [9.17, 15) is 0 Å². The minimum absolute atomic E-state index is 0.0719. The zero-order chi connectivity index (χ0) is 18.3. The highest BCUT2D eigenvalue weighted by Crippen LogP contribution is 2.09. The van der Waals surface area contributed by atoms with Gasteiger partial charge in [0.05, 0.1) is 18.8 Å². The number of hydrogen-bond acceptors (Lipinski definition) is 5. The first-order chi connectivity index (χ1) is 12.1. The van der Waals surface area contributed by atoms with E-state index in [1.807, 2.05) is 30.0 Å². The van der Waals surface area contributed by atoms with Crippen LogP contribution in [-0.2, 0) is 16.1 Å². The maximum Gasteiger partial charge on any atom is 0.0853 e. The van der Waals surface area contributed by atoms with Gasteiger partial charge in [0.2, 0.25) is 0 Å². The maximum absolute atomic E-state index is 6.33. The number of nitrogens with two attached hydrogens (primary N) is 1. The highest BCUT2D eigenvalue weighted by Gasteiger charge is 2.19. The zero-order valence-electron chi connectivity index (χ0n) is 16.1. The van der Waals surface area contributed by atoms with Gasteiger partial charge in [-0.05, 0) is 50.3 Å². The number of nitrogens with one attached hydrogen (secondary N) is 1. The van der Waals surface area contributed by atoms with E-state index in [-0.39, 0.29) is 18.2 Å². The van der Waals surface area contributed by atoms with Crippen LogP contribution < -0.4 is 11.1 Å². The molecule has 0 radical (unpaired) electrons. The van der Waals surface area contributed by atoms with E-state index < -0.39 is 0 Å². The van der Waals surface area contributed by atoms with Gasteiger partial charge in [0.15, 0.2) is 0 Å². The molecule has 144 valence electrons. The lowest BCUT2D eigenvalue weighted by atomic mass is 10.1. The third-order valence-electron chi connectivity index (χ3n) is 3.82. The quantitative estimate of drug-likeness (QED) is 0.464. The largest absolute Gasteiger partial charge is 0.377 e. The Hall–Kier alpha value is -0.590. The fraction of sp³-hybridized carbons (Fsp3) is 0.700. The molecule has 0 spiro atoms. The Bertz CT molecular complexity index is 417. The summed E-state index contributed by atoms with van der Waals surface area (Å²) >= 11 is 1.94. The Labute approximate surface area is 158 Å². The second-order valence-electron chi connectivity index (χ2n) is 6.47. The van der Waals surface area contributed by atoms with Crippen LogP contribution in [0.3, 0.4) is 0 Å². The van der Waals surface area contributed by atoms with Crippen LogP contribution in [0.2, 0.25) is 0 Å². The van der Waals surface area contributed by atoms with Crippen molar-refractivity contribution in [1.29, 1.82) is 0 Å². The van der Waals surface area contributed by atoms with Crippen molar-refractivity contribution in [3.8, 4) is 0 Å². The third-order valence-corrected chi connectivity index (χ3v) is 4.76. The summed E-state index contributed by atoms with van der Waals surface area (Å²) in [4.78, 5) is 0. The summed E-state index contributed by atoms with van der Waals surface area (Å²) in [7, 11) is 0. The highest BCUT2D eigenvalue weighted by atomic mass is 32.2. The van der Waals surface area contributed by atoms with Gasteiger partial charge >= 0.3 is 0 Å². The summed E-state index contributed by atoms with van der Waals surface area (Å²) in [5, 5.41) is 3.47. The SMILES string of the molecule is CCSCC[C@@H](N)C(CNCCCOCc1ccccc1)OC(C)C. The Kier molecular flexibility index (Phi) is 13.1. The van der Waals surface area contributed by atoms with E-state index in [2.05, 4.69) is 38.2 Å². The van der Waals surface area contributed by atoms with Gasteiger partial charge in [-0.25, -0.2) is 0 Å². The van der Waals surface area contributed by atoms with Crippen LogP contribution in [0.15, 0.2) is 30.3 Å². The van der Waals surface area contributed by atoms with Crippen molar-refractivity contribution in [2.75, 3.05) is 31.2 Å². The molecule has 2 atom stereocenters. The van der Waals surface area contributed by atoms with E-state index in [1.54, 1.807) is 0 Å². The average Bonchev–Trinajstić information content (AvgIpc) is 2.60. The summed E-state index contributed by atoms with van der Waals surface area (Å²) in [5.41, 5.74) is 7.55. The van der Waals surface area contributed by atoms with E-state index in [0.29, 0.717) is 6.61 Å². The lowest BCUT2D eigenvalue weighted by Gasteiger charge is -2.26. The lowest BCUT2D eigenvalue weighted by Crippen LogP contribution is -2.45. The molecule has 1 rings (SSSR count). The van der Waals surface area contributed by atoms with Gasteiger partial charge in [0, 0.05) is 19.2 Å². The predicted octanol–water partition coefficient (Wildman–Crippen LogP) is 3.45. The molecule has 0 aliphatic rings. The van der Waals surface area contributed by atoms with Gasteiger partial charge in [-0.3, -0.25) is 0 Å². The first-order valence-electron chi connectivity index (χ1n) is 9.44. The van der Waals surface area contributed by atoms with Crippen molar-refractivity contribution in [1.82, 2.24) is 5.32 Å². The van der Waals surface area contributed by atoms with Crippen molar-refractivity contribution in [3.63, 3.8) is 0 Å². The minimum atomic E-state index is 0.0719. The van der Waals surface area contributed by atoms with Gasteiger partial charge in [0.25, 0.3) is 0 Å². The van der Waals surface area contributed by atoms with Gasteiger partial charge in [0.1, 0.15) is 0 Å². The molecule has 1 aromatic carbocycles. The van der Waals surface area contributed by atoms with Crippen molar-refractivity contribution >= 4 is 11.8 Å². The first kappa shape index (κ1) is 22.5. The van der Waals surface area contributed by atoms with Gasteiger partial charge < -0.3 is 20.5 Å². The highest BCUT2D eigenvalue weighted by molar-refractivity contribution is 7.99. The van der Waals surface area contributed by atoms with Crippen molar-refractivity contribution in [3.05, 3.63) is 35.9 Å². The number of ether oxygens (including phenoxy) is 2. The molecule has 0 amide bonds. The second kappa shape index (κ2) is 14.6. The van der Waals surface area contributed by atoms with Crippen LogP contribution in [0.5, 0.6) is 0 Å². The van der Waals surface area contributed by atoms with Crippen LogP contribution in [0.4, 0.5) is 0 Å². The minimum Gasteiger partial charge on any atom is -0.377 e. The molecule has 3 N–H and O–H groups in total. The predicted molar refractivity (Wildman–Crippen MR) is 109 cm³/mol. The summed E-state index contributed by atoms with van der Waals surface area (Å²) in [5.74, 6) is 2.24. The molecule has 0 heterocycles. The normalized spacial score (nSPS) is 14.0. The topological polar surface area (TPSA) is 56.5 Å². The fourth-order valence-electron chi connectivity index (χ4n) is 2.51. The molecular weight excluding hydrogens is 332 g/mol. The molecule has 0 bridgehead atoms. The second-order valence-corrected chi connectivity index (χ2v) is 7.86. The van der Waals surface area contributed by atoms with Crippen LogP contribution in [0.1, 0.15) is 39.2 Å². The maximum atomic E-state index is 6.33. The van der Waals surface area contributed by atoms with E-state index >= 15 is 0 Å². The average molecular weight is 369 g/mol. The smallest absolute Gasteiger partial charge is 0.0853 e. The van der Waals surface area contributed by atoms with Gasteiger partial charge in [-0.2, -0.15) is 11.8 Å². The molecule has 0 saturated carbocycles.